The van der Waals surface area contributed by atoms with Crippen LogP contribution in [0.4, 0.5) is 0 Å². The lowest BCUT2D eigenvalue weighted by atomic mass is 9.75. The average Bonchev–Trinajstić information content (AvgIpc) is 1.96. The average molecular weight is 168 g/mol. The third-order valence-electron chi connectivity index (χ3n) is 2.94. The van der Waals surface area contributed by atoms with E-state index >= 15 is 0 Å². The summed E-state index contributed by atoms with van der Waals surface area (Å²) in [5.41, 5.74) is 1.44. The van der Waals surface area contributed by atoms with E-state index < -0.39 is 0 Å². The van der Waals surface area contributed by atoms with Crippen molar-refractivity contribution in [3.63, 3.8) is 0 Å². The van der Waals surface area contributed by atoms with Crippen molar-refractivity contribution in [1.29, 1.82) is 0 Å². The Morgan fingerprint density at radius 3 is 2.58 bits per heavy atom. The molecule has 0 unspecified atom stereocenters. The van der Waals surface area contributed by atoms with Crippen LogP contribution < -0.4 is 0 Å². The van der Waals surface area contributed by atoms with Crippen LogP contribution in [-0.4, -0.2) is 11.2 Å². The van der Waals surface area contributed by atoms with Gasteiger partial charge in [0.1, 0.15) is 0 Å². The highest BCUT2D eigenvalue weighted by atomic mass is 16.3. The smallest absolute Gasteiger partial charge is 0.0633 e. The molecule has 0 amide bonds. The molecule has 1 nitrogen and oxygen atoms in total. The summed E-state index contributed by atoms with van der Waals surface area (Å²) >= 11 is 0. The predicted octanol–water partition coefficient (Wildman–Crippen LogP) is 2.61. The summed E-state index contributed by atoms with van der Waals surface area (Å²) in [6.07, 6.45) is 3.14. The lowest BCUT2D eigenvalue weighted by Crippen LogP contribution is -2.33. The predicted molar refractivity (Wildman–Crippen MR) is 51.9 cm³/mol. The van der Waals surface area contributed by atoms with E-state index in [4.69, 9.17) is 0 Å². The topological polar surface area (TPSA) is 20.2 Å². The lowest BCUT2D eigenvalue weighted by molar-refractivity contribution is 0.0443. The largest absolute Gasteiger partial charge is 0.392 e. The third kappa shape index (κ3) is 1.89. The van der Waals surface area contributed by atoms with Gasteiger partial charge < -0.3 is 5.11 Å². The molecule has 3 atom stereocenters. The maximum Gasteiger partial charge on any atom is 0.0633 e. The van der Waals surface area contributed by atoms with Gasteiger partial charge in [0.25, 0.3) is 0 Å². The molecule has 1 rings (SSSR count). The van der Waals surface area contributed by atoms with Crippen LogP contribution in [0.1, 0.15) is 34.1 Å². The van der Waals surface area contributed by atoms with Gasteiger partial charge in [-0.2, -0.15) is 0 Å². The summed E-state index contributed by atoms with van der Waals surface area (Å²) in [4.78, 5) is 0. The second-order valence-corrected chi connectivity index (χ2v) is 4.47. The second kappa shape index (κ2) is 3.61. The molecule has 12 heavy (non-hydrogen) atoms. The molecule has 1 aliphatic rings. The highest BCUT2D eigenvalue weighted by molar-refractivity contribution is 5.09. The van der Waals surface area contributed by atoms with E-state index in [-0.39, 0.29) is 6.10 Å². The molecule has 0 aromatic carbocycles. The molecule has 0 saturated carbocycles. The molecule has 0 bridgehead atoms. The molecular weight excluding hydrogens is 148 g/mol. The lowest BCUT2D eigenvalue weighted by Gasteiger charge is -2.33. The quantitative estimate of drug-likeness (QED) is 0.597. The van der Waals surface area contributed by atoms with Crippen molar-refractivity contribution in [1.82, 2.24) is 0 Å². The molecule has 0 aliphatic heterocycles. The standard InChI is InChI=1S/C11H20O/c1-7(2)10-6-8(3)5-9(4)11(10)12/h5,7,9-12H,6H2,1-4H3/t9-,10+,11+/m0/s1. The molecule has 1 N–H and O–H groups in total. The fourth-order valence-corrected chi connectivity index (χ4v) is 2.13. The van der Waals surface area contributed by atoms with Crippen LogP contribution in [0.3, 0.4) is 0 Å². The highest BCUT2D eigenvalue weighted by Crippen LogP contribution is 2.32. The number of hydrogen-bond acceptors (Lipinski definition) is 1. The van der Waals surface area contributed by atoms with E-state index in [9.17, 15) is 5.11 Å². The van der Waals surface area contributed by atoms with Gasteiger partial charge in [-0.3, -0.25) is 0 Å². The fourth-order valence-electron chi connectivity index (χ4n) is 2.13. The molecule has 0 heterocycles. The van der Waals surface area contributed by atoms with Gasteiger partial charge in [-0.25, -0.2) is 0 Å². The highest BCUT2D eigenvalue weighted by Gasteiger charge is 2.29. The number of allylic oxidation sites excluding steroid dienone is 1. The molecule has 0 aromatic rings. The number of aliphatic hydroxyl groups excluding tert-OH is 1. The number of hydrogen-bond donors (Lipinski definition) is 1. The molecule has 1 heteroatoms. The second-order valence-electron chi connectivity index (χ2n) is 4.47. The van der Waals surface area contributed by atoms with Gasteiger partial charge in [0.2, 0.25) is 0 Å². The maximum absolute atomic E-state index is 9.88. The van der Waals surface area contributed by atoms with Gasteiger partial charge in [-0.15, -0.1) is 0 Å². The van der Waals surface area contributed by atoms with Crippen molar-refractivity contribution < 1.29 is 5.11 Å². The van der Waals surface area contributed by atoms with Crippen molar-refractivity contribution in [2.24, 2.45) is 17.8 Å². The van der Waals surface area contributed by atoms with Gasteiger partial charge in [0.15, 0.2) is 0 Å². The minimum atomic E-state index is -0.131. The molecule has 0 aromatic heterocycles. The van der Waals surface area contributed by atoms with Crippen LogP contribution >= 0.6 is 0 Å². The zero-order valence-electron chi connectivity index (χ0n) is 8.54. The molecule has 0 spiro atoms. The monoisotopic (exact) mass is 168 g/mol. The molecule has 0 saturated heterocycles. The Kier molecular flexibility index (Phi) is 2.94. The summed E-state index contributed by atoms with van der Waals surface area (Å²) in [5, 5.41) is 9.88. The van der Waals surface area contributed by atoms with E-state index in [1.165, 1.54) is 5.57 Å². The van der Waals surface area contributed by atoms with Crippen LogP contribution in [0, 0.1) is 17.8 Å². The van der Waals surface area contributed by atoms with Crippen molar-refractivity contribution in [3.8, 4) is 0 Å². The fraction of sp³-hybridized carbons (Fsp3) is 0.818. The first-order valence-electron chi connectivity index (χ1n) is 4.87. The minimum absolute atomic E-state index is 0.131. The van der Waals surface area contributed by atoms with Crippen LogP contribution in [0.15, 0.2) is 11.6 Å². The van der Waals surface area contributed by atoms with Gasteiger partial charge in [0.05, 0.1) is 6.10 Å². The van der Waals surface area contributed by atoms with Crippen LogP contribution in [0.5, 0.6) is 0 Å². The molecule has 70 valence electrons. The zero-order chi connectivity index (χ0) is 9.30. The Bertz CT molecular complexity index is 181. The maximum atomic E-state index is 9.88. The first-order chi connectivity index (χ1) is 5.52. The Hall–Kier alpha value is -0.300. The summed E-state index contributed by atoms with van der Waals surface area (Å²) in [6.45, 7) is 8.65. The number of aliphatic hydroxyl groups is 1. The van der Waals surface area contributed by atoms with Crippen LogP contribution in [0.2, 0.25) is 0 Å². The van der Waals surface area contributed by atoms with Crippen LogP contribution in [-0.2, 0) is 0 Å². The van der Waals surface area contributed by atoms with Gasteiger partial charge in [0, 0.05) is 5.92 Å². The molecule has 1 aliphatic carbocycles. The number of rotatable bonds is 1. The molecule has 0 radical (unpaired) electrons. The summed E-state index contributed by atoms with van der Waals surface area (Å²) in [6, 6.07) is 0. The van der Waals surface area contributed by atoms with Crippen LogP contribution in [0.25, 0.3) is 0 Å². The molecule has 0 fully saturated rings. The van der Waals surface area contributed by atoms with E-state index in [1.54, 1.807) is 0 Å². The Labute approximate surface area is 75.5 Å². The third-order valence-corrected chi connectivity index (χ3v) is 2.94. The summed E-state index contributed by atoms with van der Waals surface area (Å²) in [7, 11) is 0. The first-order valence-corrected chi connectivity index (χ1v) is 4.87. The van der Waals surface area contributed by atoms with Crippen molar-refractivity contribution in [3.05, 3.63) is 11.6 Å². The summed E-state index contributed by atoms with van der Waals surface area (Å²) < 4.78 is 0. The Balaban J connectivity index is 2.73. The first kappa shape index (κ1) is 9.79. The summed E-state index contributed by atoms with van der Waals surface area (Å²) in [5.74, 6) is 1.39. The van der Waals surface area contributed by atoms with E-state index in [2.05, 4.69) is 33.8 Å². The van der Waals surface area contributed by atoms with Gasteiger partial charge in [-0.1, -0.05) is 32.4 Å². The minimum Gasteiger partial charge on any atom is -0.392 e. The van der Waals surface area contributed by atoms with E-state index in [0.29, 0.717) is 17.8 Å². The Morgan fingerprint density at radius 1 is 1.50 bits per heavy atom. The zero-order valence-corrected chi connectivity index (χ0v) is 8.54. The van der Waals surface area contributed by atoms with Crippen molar-refractivity contribution >= 4 is 0 Å². The SMILES string of the molecule is CC1=C[C@H](C)[C@@H](O)[C@@H](C(C)C)C1. The van der Waals surface area contributed by atoms with Gasteiger partial charge >= 0.3 is 0 Å². The van der Waals surface area contributed by atoms with E-state index in [1.807, 2.05) is 0 Å². The van der Waals surface area contributed by atoms with E-state index in [0.717, 1.165) is 6.42 Å². The normalized spacial score (nSPS) is 36.8. The van der Waals surface area contributed by atoms with Gasteiger partial charge in [-0.05, 0) is 25.2 Å². The Morgan fingerprint density at radius 2 is 2.08 bits per heavy atom. The van der Waals surface area contributed by atoms with Crippen molar-refractivity contribution in [2.75, 3.05) is 0 Å². The molecular formula is C11H20O. The van der Waals surface area contributed by atoms with Crippen molar-refractivity contribution in [2.45, 2.75) is 40.2 Å².